The second kappa shape index (κ2) is 5.71. The number of nitrogens with two attached hydrogens (primary N) is 1. The van der Waals surface area contributed by atoms with Crippen LogP contribution in [0, 0.1) is 18.3 Å². The average molecular weight is 356 g/mol. The Labute approximate surface area is 144 Å². The molecule has 4 nitrogen and oxygen atoms in total. The lowest BCUT2D eigenvalue weighted by atomic mass is 9.46. The third kappa shape index (κ3) is 2.64. The monoisotopic (exact) mass is 356 g/mol. The molecule has 7 heteroatoms. The molecule has 138 valence electrons. The standard InChI is InChI=1S/C18H23F3N2O2/c1-10-6-7-11(18(19,20)21)9-13(10)23-15(24)17(22)12-5-4-8-25-14(12)16(17,2)3/h6-7,9,12,14H,4-5,8,22H2,1-3H3,(H,23,24). The molecule has 3 N–H and O–H groups in total. The highest BCUT2D eigenvalue weighted by atomic mass is 19.4. The third-order valence-corrected chi connectivity index (χ3v) is 5.87. The first-order chi connectivity index (χ1) is 11.5. The van der Waals surface area contributed by atoms with Crippen molar-refractivity contribution in [3.05, 3.63) is 29.3 Å². The van der Waals surface area contributed by atoms with Gasteiger partial charge in [-0.2, -0.15) is 13.2 Å². The molecule has 1 saturated heterocycles. The van der Waals surface area contributed by atoms with E-state index in [4.69, 9.17) is 10.5 Å². The zero-order valence-electron chi connectivity index (χ0n) is 14.5. The number of carbonyl (C=O) groups is 1. The molecule has 1 aliphatic carbocycles. The van der Waals surface area contributed by atoms with Crippen LogP contribution in [0.5, 0.6) is 0 Å². The number of hydrogen-bond donors (Lipinski definition) is 2. The van der Waals surface area contributed by atoms with Crippen LogP contribution in [0.25, 0.3) is 0 Å². The van der Waals surface area contributed by atoms with Crippen LogP contribution < -0.4 is 11.1 Å². The first-order valence-electron chi connectivity index (χ1n) is 8.39. The van der Waals surface area contributed by atoms with Crippen molar-refractivity contribution >= 4 is 11.6 Å². The molecule has 0 aromatic heterocycles. The number of anilines is 1. The molecular weight excluding hydrogens is 333 g/mol. The van der Waals surface area contributed by atoms with Crippen molar-refractivity contribution in [2.45, 2.75) is 51.4 Å². The van der Waals surface area contributed by atoms with Crippen LogP contribution in [0.3, 0.4) is 0 Å². The van der Waals surface area contributed by atoms with Crippen molar-refractivity contribution in [1.82, 2.24) is 0 Å². The molecular formula is C18H23F3N2O2. The summed E-state index contributed by atoms with van der Waals surface area (Å²) in [5.74, 6) is -0.575. The predicted molar refractivity (Wildman–Crippen MR) is 88.0 cm³/mol. The van der Waals surface area contributed by atoms with E-state index in [-0.39, 0.29) is 17.7 Å². The van der Waals surface area contributed by atoms with Gasteiger partial charge in [-0.1, -0.05) is 19.9 Å². The van der Waals surface area contributed by atoms with Gasteiger partial charge < -0.3 is 15.8 Å². The lowest BCUT2D eigenvalue weighted by Gasteiger charge is -2.65. The van der Waals surface area contributed by atoms with Crippen LogP contribution >= 0.6 is 0 Å². The van der Waals surface area contributed by atoms with Gasteiger partial charge in [-0.25, -0.2) is 0 Å². The summed E-state index contributed by atoms with van der Waals surface area (Å²) in [5.41, 5.74) is 4.63. The molecule has 1 aliphatic heterocycles. The van der Waals surface area contributed by atoms with E-state index in [1.54, 1.807) is 6.92 Å². The van der Waals surface area contributed by atoms with Gasteiger partial charge in [-0.15, -0.1) is 0 Å². The minimum atomic E-state index is -4.47. The van der Waals surface area contributed by atoms with Crippen LogP contribution in [0.4, 0.5) is 18.9 Å². The van der Waals surface area contributed by atoms with Crippen LogP contribution in [-0.2, 0) is 15.7 Å². The topological polar surface area (TPSA) is 64.4 Å². The van der Waals surface area contributed by atoms with Crippen LogP contribution in [0.1, 0.15) is 37.8 Å². The Morgan fingerprint density at radius 1 is 1.36 bits per heavy atom. The number of amides is 1. The zero-order chi connectivity index (χ0) is 18.6. The number of fused-ring (bicyclic) bond motifs is 1. The highest BCUT2D eigenvalue weighted by Gasteiger charge is 2.70. The number of aryl methyl sites for hydroxylation is 1. The summed E-state index contributed by atoms with van der Waals surface area (Å²) in [6.45, 7) is 6.04. The predicted octanol–water partition coefficient (Wildman–Crippen LogP) is 3.48. The Balaban J connectivity index is 1.87. The molecule has 25 heavy (non-hydrogen) atoms. The van der Waals surface area contributed by atoms with E-state index in [1.165, 1.54) is 6.07 Å². The van der Waals surface area contributed by atoms with Gasteiger partial charge in [0.25, 0.3) is 0 Å². The Hall–Kier alpha value is -1.60. The molecule has 0 bridgehead atoms. The number of benzene rings is 1. The number of halogens is 3. The Morgan fingerprint density at radius 2 is 2.04 bits per heavy atom. The SMILES string of the molecule is Cc1ccc(C(F)(F)F)cc1NC(=O)C1(N)C2CCCOC2C1(C)C. The largest absolute Gasteiger partial charge is 0.416 e. The number of ether oxygens (including phenoxy) is 1. The summed E-state index contributed by atoms with van der Waals surface area (Å²) in [6, 6.07) is 3.30. The van der Waals surface area contributed by atoms with E-state index in [0.717, 1.165) is 25.0 Å². The minimum Gasteiger partial charge on any atom is -0.377 e. The highest BCUT2D eigenvalue weighted by Crippen LogP contribution is 2.57. The maximum atomic E-state index is 12.9. The summed E-state index contributed by atoms with van der Waals surface area (Å²) in [6.07, 6.45) is -2.96. The molecule has 1 heterocycles. The van der Waals surface area contributed by atoms with Crippen molar-refractivity contribution < 1.29 is 22.7 Å². The molecule has 3 rings (SSSR count). The summed E-state index contributed by atoms with van der Waals surface area (Å²) in [4.78, 5) is 12.9. The van der Waals surface area contributed by atoms with Crippen molar-refractivity contribution in [2.24, 2.45) is 17.1 Å². The molecule has 3 unspecified atom stereocenters. The quantitative estimate of drug-likeness (QED) is 0.853. The fourth-order valence-electron chi connectivity index (χ4n) is 4.20. The fourth-order valence-corrected chi connectivity index (χ4v) is 4.20. The molecule has 0 radical (unpaired) electrons. The Morgan fingerprint density at radius 3 is 2.68 bits per heavy atom. The summed E-state index contributed by atoms with van der Waals surface area (Å²) >= 11 is 0. The van der Waals surface area contributed by atoms with Gasteiger partial charge in [0.05, 0.1) is 11.7 Å². The van der Waals surface area contributed by atoms with Crippen molar-refractivity contribution in [2.75, 3.05) is 11.9 Å². The highest BCUT2D eigenvalue weighted by molar-refractivity contribution is 6.00. The summed E-state index contributed by atoms with van der Waals surface area (Å²) in [5, 5.41) is 2.63. The van der Waals surface area contributed by atoms with E-state index in [0.29, 0.717) is 12.2 Å². The van der Waals surface area contributed by atoms with Crippen LogP contribution in [0.15, 0.2) is 18.2 Å². The van der Waals surface area contributed by atoms with Crippen molar-refractivity contribution in [3.63, 3.8) is 0 Å². The van der Waals surface area contributed by atoms with Crippen molar-refractivity contribution in [1.29, 1.82) is 0 Å². The van der Waals surface area contributed by atoms with E-state index < -0.39 is 28.6 Å². The molecule has 1 aromatic carbocycles. The lowest BCUT2D eigenvalue weighted by Crippen LogP contribution is -2.81. The minimum absolute atomic E-state index is 0.0976. The number of nitrogens with one attached hydrogen (secondary N) is 1. The third-order valence-electron chi connectivity index (χ3n) is 5.87. The molecule has 2 aliphatic rings. The number of hydrogen-bond acceptors (Lipinski definition) is 3. The molecule has 1 amide bonds. The average Bonchev–Trinajstić information content (AvgIpc) is 2.54. The second-order valence-electron chi connectivity index (χ2n) is 7.61. The Bertz CT molecular complexity index is 702. The van der Waals surface area contributed by atoms with Gasteiger partial charge in [0.15, 0.2) is 0 Å². The molecule has 0 spiro atoms. The molecule has 3 atom stereocenters. The van der Waals surface area contributed by atoms with Gasteiger partial charge in [-0.05, 0) is 37.5 Å². The maximum absolute atomic E-state index is 12.9. The molecule has 2 fully saturated rings. The Kier molecular flexibility index (Phi) is 4.15. The summed E-state index contributed by atoms with van der Waals surface area (Å²) in [7, 11) is 0. The van der Waals surface area contributed by atoms with Gasteiger partial charge in [0.2, 0.25) is 5.91 Å². The lowest BCUT2D eigenvalue weighted by molar-refractivity contribution is -0.222. The van der Waals surface area contributed by atoms with Crippen LogP contribution in [0.2, 0.25) is 0 Å². The van der Waals surface area contributed by atoms with E-state index in [1.807, 2.05) is 13.8 Å². The molecule has 1 saturated carbocycles. The number of carbonyl (C=O) groups excluding carboxylic acids is 1. The normalized spacial score (nSPS) is 31.0. The van der Waals surface area contributed by atoms with Gasteiger partial charge >= 0.3 is 6.18 Å². The van der Waals surface area contributed by atoms with E-state index in [2.05, 4.69) is 5.32 Å². The van der Waals surface area contributed by atoms with Gasteiger partial charge in [0.1, 0.15) is 5.54 Å². The van der Waals surface area contributed by atoms with E-state index >= 15 is 0 Å². The smallest absolute Gasteiger partial charge is 0.377 e. The second-order valence-corrected chi connectivity index (χ2v) is 7.61. The number of rotatable bonds is 2. The molecule has 1 aromatic rings. The van der Waals surface area contributed by atoms with Crippen LogP contribution in [-0.4, -0.2) is 24.2 Å². The van der Waals surface area contributed by atoms with E-state index in [9.17, 15) is 18.0 Å². The fraction of sp³-hybridized carbons (Fsp3) is 0.611. The first kappa shape index (κ1) is 18.2. The van der Waals surface area contributed by atoms with Gasteiger partial charge in [-0.3, -0.25) is 4.79 Å². The van der Waals surface area contributed by atoms with Gasteiger partial charge in [0, 0.05) is 23.6 Å². The zero-order valence-corrected chi connectivity index (χ0v) is 14.5. The first-order valence-corrected chi connectivity index (χ1v) is 8.39. The summed E-state index contributed by atoms with van der Waals surface area (Å²) < 4.78 is 44.6. The maximum Gasteiger partial charge on any atom is 0.416 e. The number of alkyl halides is 3. The van der Waals surface area contributed by atoms with Crippen molar-refractivity contribution in [3.8, 4) is 0 Å².